The molecule has 0 radical (unpaired) electrons. The van der Waals surface area contributed by atoms with Gasteiger partial charge in [0.15, 0.2) is 0 Å². The largest absolute Gasteiger partial charge is 0.433 e. The number of hydrogen-bond acceptors (Lipinski definition) is 5. The first-order valence-corrected chi connectivity index (χ1v) is 8.25. The molecule has 0 amide bonds. The topological polar surface area (TPSA) is 69.2 Å². The van der Waals surface area contributed by atoms with Gasteiger partial charge in [0.25, 0.3) is 0 Å². The number of aromatic nitrogens is 1. The Bertz CT molecular complexity index is 886. The van der Waals surface area contributed by atoms with Gasteiger partial charge in [-0.25, -0.2) is 4.98 Å². The second-order valence-electron chi connectivity index (χ2n) is 6.13. The normalized spacial score (nSPS) is 15.9. The molecule has 0 bridgehead atoms. The van der Waals surface area contributed by atoms with Crippen molar-refractivity contribution in [2.24, 2.45) is 0 Å². The second-order valence-corrected chi connectivity index (χ2v) is 6.13. The number of aliphatic hydroxyl groups excluding tert-OH is 1. The lowest BCUT2D eigenvalue weighted by atomic mass is 9.99. The Labute approximate surface area is 155 Å². The molecule has 1 aromatic carbocycles. The van der Waals surface area contributed by atoms with Gasteiger partial charge in [-0.15, -0.1) is 0 Å². The highest BCUT2D eigenvalue weighted by atomic mass is 19.4. The number of aliphatic hydroxyl groups is 1. The lowest BCUT2D eigenvalue weighted by molar-refractivity contribution is -0.142. The van der Waals surface area contributed by atoms with Gasteiger partial charge in [0.05, 0.1) is 17.2 Å². The maximum Gasteiger partial charge on any atom is 0.433 e. The molecule has 0 aliphatic carbocycles. The number of para-hydroxylation sites is 1. The third-order valence-corrected chi connectivity index (χ3v) is 4.14. The second kappa shape index (κ2) is 7.38. The van der Waals surface area contributed by atoms with Crippen molar-refractivity contribution >= 4 is 10.9 Å². The Hall–Kier alpha value is -2.69. The maximum atomic E-state index is 13.2. The van der Waals surface area contributed by atoms with Gasteiger partial charge >= 0.3 is 12.4 Å². The number of nitrogens with zero attached hydrogens (tertiary/aromatic N) is 1. The van der Waals surface area contributed by atoms with Crippen LogP contribution >= 0.6 is 0 Å². The summed E-state index contributed by atoms with van der Waals surface area (Å²) in [5.41, 5.74) is -3.93. The fraction of sp³-hybridized carbons (Fsp3) is 0.353. The monoisotopic (exact) mass is 406 g/mol. The van der Waals surface area contributed by atoms with Crippen LogP contribution in [0.4, 0.5) is 26.3 Å². The van der Waals surface area contributed by atoms with E-state index >= 15 is 0 Å². The Morgan fingerprint density at radius 2 is 1.79 bits per heavy atom. The van der Waals surface area contributed by atoms with Crippen LogP contribution in [0.25, 0.3) is 10.9 Å². The number of nitrogens with one attached hydrogen (secondary N) is 3. The van der Waals surface area contributed by atoms with Crippen molar-refractivity contribution in [2.45, 2.75) is 18.5 Å². The van der Waals surface area contributed by atoms with E-state index < -0.39 is 35.2 Å². The number of hydrogen-bond donors (Lipinski definition) is 4. The maximum absolute atomic E-state index is 13.2. The Kier molecular flexibility index (Phi) is 5.28. The van der Waals surface area contributed by atoms with E-state index in [9.17, 15) is 31.4 Å². The SMILES string of the molecule is OC(CNC=C1NCCN1)c1cc(C(F)(F)F)nc2c(C(F)(F)F)cccc12. The molecule has 1 aromatic heterocycles. The molecule has 4 N–H and O–H groups in total. The van der Waals surface area contributed by atoms with E-state index in [0.717, 1.165) is 6.07 Å². The van der Waals surface area contributed by atoms with Crippen LogP contribution in [-0.2, 0) is 12.4 Å². The number of pyridine rings is 1. The molecular formula is C17H16F6N4O. The summed E-state index contributed by atoms with van der Waals surface area (Å²) in [6, 6.07) is 3.51. The first-order chi connectivity index (χ1) is 13.1. The van der Waals surface area contributed by atoms with Crippen molar-refractivity contribution in [3.05, 3.63) is 53.1 Å². The van der Waals surface area contributed by atoms with Crippen LogP contribution in [-0.4, -0.2) is 29.7 Å². The highest BCUT2D eigenvalue weighted by Crippen LogP contribution is 2.38. The minimum Gasteiger partial charge on any atom is -0.387 e. The molecule has 2 aromatic rings. The third kappa shape index (κ3) is 4.24. The fourth-order valence-corrected chi connectivity index (χ4v) is 2.87. The Morgan fingerprint density at radius 3 is 2.39 bits per heavy atom. The van der Waals surface area contributed by atoms with Gasteiger partial charge in [0.1, 0.15) is 11.5 Å². The highest BCUT2D eigenvalue weighted by Gasteiger charge is 2.37. The number of halogens is 6. The molecule has 1 fully saturated rings. The van der Waals surface area contributed by atoms with Crippen molar-refractivity contribution in [1.29, 1.82) is 0 Å². The standard InChI is InChI=1S/C17H16F6N4O/c18-16(19,20)11-3-1-2-9-10(6-13(17(21,22)23)27-15(9)11)12(28)7-24-8-14-25-4-5-26-14/h1-3,6,8,12,24-26,28H,4-5,7H2. The molecule has 1 atom stereocenters. The van der Waals surface area contributed by atoms with Gasteiger partial charge in [0.2, 0.25) is 0 Å². The molecule has 11 heteroatoms. The van der Waals surface area contributed by atoms with Crippen molar-refractivity contribution in [1.82, 2.24) is 20.9 Å². The minimum atomic E-state index is -4.96. The number of benzene rings is 1. The van der Waals surface area contributed by atoms with E-state index in [0.29, 0.717) is 31.0 Å². The lowest BCUT2D eigenvalue weighted by Gasteiger charge is -2.18. The summed E-state index contributed by atoms with van der Waals surface area (Å²) in [6.07, 6.45) is -9.85. The van der Waals surface area contributed by atoms with Crippen molar-refractivity contribution < 1.29 is 31.4 Å². The average Bonchev–Trinajstić information content (AvgIpc) is 3.12. The summed E-state index contributed by atoms with van der Waals surface area (Å²) < 4.78 is 79.2. The molecule has 152 valence electrons. The Balaban J connectivity index is 2.03. The molecular weight excluding hydrogens is 390 g/mol. The molecule has 2 heterocycles. The van der Waals surface area contributed by atoms with Crippen LogP contribution in [0.5, 0.6) is 0 Å². The predicted octanol–water partition coefficient (Wildman–Crippen LogP) is 2.89. The van der Waals surface area contributed by atoms with Gasteiger partial charge in [-0.1, -0.05) is 12.1 Å². The van der Waals surface area contributed by atoms with Crippen LogP contribution in [0.1, 0.15) is 22.9 Å². The van der Waals surface area contributed by atoms with Crippen LogP contribution in [0.15, 0.2) is 36.3 Å². The molecule has 0 spiro atoms. The lowest BCUT2D eigenvalue weighted by Crippen LogP contribution is -2.22. The third-order valence-electron chi connectivity index (χ3n) is 4.14. The minimum absolute atomic E-state index is 0.193. The van der Waals surface area contributed by atoms with Crippen LogP contribution < -0.4 is 16.0 Å². The van der Waals surface area contributed by atoms with Gasteiger partial charge in [-0.05, 0) is 17.7 Å². The summed E-state index contributed by atoms with van der Waals surface area (Å²) in [4.78, 5) is 3.19. The predicted molar refractivity (Wildman–Crippen MR) is 88.8 cm³/mol. The quantitative estimate of drug-likeness (QED) is 0.588. The van der Waals surface area contributed by atoms with Crippen LogP contribution in [0.2, 0.25) is 0 Å². The summed E-state index contributed by atoms with van der Waals surface area (Å²) in [7, 11) is 0. The first kappa shape index (κ1) is 20.1. The summed E-state index contributed by atoms with van der Waals surface area (Å²) in [5.74, 6) is 0.641. The number of alkyl halides is 6. The molecule has 5 nitrogen and oxygen atoms in total. The zero-order valence-corrected chi connectivity index (χ0v) is 14.2. The van der Waals surface area contributed by atoms with Crippen molar-refractivity contribution in [3.63, 3.8) is 0 Å². The van der Waals surface area contributed by atoms with Crippen molar-refractivity contribution in [3.8, 4) is 0 Å². The van der Waals surface area contributed by atoms with Crippen LogP contribution in [0.3, 0.4) is 0 Å². The van der Waals surface area contributed by atoms with E-state index in [1.54, 1.807) is 0 Å². The first-order valence-electron chi connectivity index (χ1n) is 8.25. The van der Waals surface area contributed by atoms with Gasteiger partial charge < -0.3 is 21.1 Å². The molecule has 1 unspecified atom stereocenters. The van der Waals surface area contributed by atoms with Crippen LogP contribution in [0, 0.1) is 0 Å². The summed E-state index contributed by atoms with van der Waals surface area (Å²) in [6.45, 7) is 1.18. The Morgan fingerprint density at radius 1 is 1.11 bits per heavy atom. The van der Waals surface area contributed by atoms with E-state index in [1.165, 1.54) is 12.3 Å². The van der Waals surface area contributed by atoms with E-state index in [4.69, 9.17) is 0 Å². The van der Waals surface area contributed by atoms with E-state index in [2.05, 4.69) is 20.9 Å². The van der Waals surface area contributed by atoms with E-state index in [-0.39, 0.29) is 17.5 Å². The summed E-state index contributed by atoms with van der Waals surface area (Å²) >= 11 is 0. The van der Waals surface area contributed by atoms with Crippen molar-refractivity contribution in [2.75, 3.05) is 19.6 Å². The van der Waals surface area contributed by atoms with E-state index in [1.807, 2.05) is 0 Å². The number of rotatable bonds is 4. The smallest absolute Gasteiger partial charge is 0.387 e. The molecule has 28 heavy (non-hydrogen) atoms. The molecule has 1 aliphatic heterocycles. The van der Waals surface area contributed by atoms with Gasteiger partial charge in [-0.3, -0.25) is 0 Å². The molecule has 0 saturated carbocycles. The highest BCUT2D eigenvalue weighted by molar-refractivity contribution is 5.86. The fourth-order valence-electron chi connectivity index (χ4n) is 2.87. The summed E-state index contributed by atoms with van der Waals surface area (Å²) in [5, 5.41) is 18.9. The molecule has 1 saturated heterocycles. The number of fused-ring (bicyclic) bond motifs is 1. The van der Waals surface area contributed by atoms with Gasteiger partial charge in [-0.2, -0.15) is 26.3 Å². The van der Waals surface area contributed by atoms with Gasteiger partial charge in [0, 0.05) is 31.2 Å². The zero-order chi connectivity index (χ0) is 20.5. The zero-order valence-electron chi connectivity index (χ0n) is 14.2. The molecule has 3 rings (SSSR count). The average molecular weight is 406 g/mol. The molecule has 1 aliphatic rings.